The Bertz CT molecular complexity index is 1860. The van der Waals surface area contributed by atoms with Gasteiger partial charge in [0, 0.05) is 29.8 Å². The van der Waals surface area contributed by atoms with E-state index < -0.39 is 31.9 Å². The molecule has 1 aliphatic carbocycles. The number of anilines is 4. The smallest absolute Gasteiger partial charge is 0.263 e. The van der Waals surface area contributed by atoms with Gasteiger partial charge < -0.3 is 15.7 Å². The third kappa shape index (κ3) is 6.80. The largest absolute Gasteiger partial charge is 0.383 e. The number of aromatic nitrogens is 2. The fraction of sp³-hybridized carbons (Fsp3) is 0.0357. The first-order valence-electron chi connectivity index (χ1n) is 12.4. The second-order valence-electron chi connectivity index (χ2n) is 8.93. The van der Waals surface area contributed by atoms with Crippen LogP contribution in [0, 0.1) is 0 Å². The number of benzene rings is 2. The van der Waals surface area contributed by atoms with E-state index in [2.05, 4.69) is 30.0 Å². The minimum Gasteiger partial charge on any atom is -0.383 e. The summed E-state index contributed by atoms with van der Waals surface area (Å²) in [6.45, 7) is 0. The Balaban J connectivity index is 1.21. The summed E-state index contributed by atoms with van der Waals surface area (Å²) < 4.78 is 55.2. The van der Waals surface area contributed by atoms with Crippen molar-refractivity contribution < 1.29 is 26.7 Å². The van der Waals surface area contributed by atoms with E-state index in [4.69, 9.17) is 0 Å². The Labute approximate surface area is 242 Å². The predicted molar refractivity (Wildman–Crippen MR) is 157 cm³/mol. The van der Waals surface area contributed by atoms with Crippen LogP contribution in [-0.4, -0.2) is 43.8 Å². The Kier molecular flexibility index (Phi) is 8.01. The Hall–Kier alpha value is -5.05. The molecule has 2 aromatic carbocycles. The maximum atomic E-state index is 12.8. The van der Waals surface area contributed by atoms with Crippen molar-refractivity contribution in [1.82, 2.24) is 9.97 Å². The van der Waals surface area contributed by atoms with Crippen LogP contribution in [0.5, 0.6) is 0 Å². The average Bonchev–Trinajstić information content (AvgIpc) is 2.97. The molecular formula is C28H24N6O6S2. The fourth-order valence-corrected chi connectivity index (χ4v) is 5.86. The van der Waals surface area contributed by atoms with Crippen LogP contribution >= 0.6 is 0 Å². The first kappa shape index (κ1) is 28.5. The lowest BCUT2D eigenvalue weighted by Crippen LogP contribution is -2.25. The quantitative estimate of drug-likeness (QED) is 0.180. The highest BCUT2D eigenvalue weighted by Crippen LogP contribution is 2.24. The molecular weight excluding hydrogens is 580 g/mol. The molecule has 2 heterocycles. The Morgan fingerprint density at radius 3 is 1.57 bits per heavy atom. The number of ketones is 1. The summed E-state index contributed by atoms with van der Waals surface area (Å²) in [6.07, 6.45) is 4.29. The molecule has 12 nitrogen and oxygen atoms in total. The number of rotatable bonds is 10. The summed E-state index contributed by atoms with van der Waals surface area (Å²) >= 11 is 0. The van der Waals surface area contributed by atoms with E-state index in [0.717, 1.165) is 0 Å². The first-order valence-corrected chi connectivity index (χ1v) is 15.3. The average molecular weight is 605 g/mol. The van der Waals surface area contributed by atoms with E-state index in [1.165, 1.54) is 85.2 Å². The molecule has 0 saturated carbocycles. The Morgan fingerprint density at radius 1 is 0.643 bits per heavy atom. The number of aliphatic hydroxyl groups excluding tert-OH is 1. The van der Waals surface area contributed by atoms with Crippen molar-refractivity contribution in [3.05, 3.63) is 121 Å². The number of hydrogen-bond donors (Lipinski definition) is 5. The third-order valence-electron chi connectivity index (χ3n) is 5.90. The molecule has 0 amide bonds. The number of nitrogens with one attached hydrogen (secondary N) is 4. The van der Waals surface area contributed by atoms with Crippen LogP contribution in [0.2, 0.25) is 0 Å². The number of carbonyl (C=O) groups is 1. The molecule has 0 saturated heterocycles. The van der Waals surface area contributed by atoms with Gasteiger partial charge in [-0.2, -0.15) is 0 Å². The summed E-state index contributed by atoms with van der Waals surface area (Å²) in [4.78, 5) is 20.7. The molecule has 0 aliphatic heterocycles. The second kappa shape index (κ2) is 11.8. The van der Waals surface area contributed by atoms with Crippen LogP contribution in [-0.2, 0) is 24.8 Å². The molecule has 2 aromatic heterocycles. The van der Waals surface area contributed by atoms with Crippen molar-refractivity contribution in [1.29, 1.82) is 0 Å². The third-order valence-corrected chi connectivity index (χ3v) is 8.64. The van der Waals surface area contributed by atoms with Gasteiger partial charge in [-0.05, 0) is 78.9 Å². The molecule has 4 aromatic rings. The molecule has 0 radical (unpaired) electrons. The minimum atomic E-state index is -3.86. The number of pyridine rings is 2. The highest BCUT2D eigenvalue weighted by molar-refractivity contribution is 7.93. The van der Waals surface area contributed by atoms with Crippen LogP contribution < -0.4 is 20.1 Å². The van der Waals surface area contributed by atoms with Gasteiger partial charge in [0.1, 0.15) is 17.7 Å². The van der Waals surface area contributed by atoms with Crippen molar-refractivity contribution in [3.63, 3.8) is 0 Å². The summed E-state index contributed by atoms with van der Waals surface area (Å²) in [5.74, 6) is -0.0694. The van der Waals surface area contributed by atoms with Crippen molar-refractivity contribution in [2.75, 3.05) is 20.1 Å². The van der Waals surface area contributed by atoms with Gasteiger partial charge in [-0.1, -0.05) is 12.1 Å². The zero-order chi connectivity index (χ0) is 29.7. The van der Waals surface area contributed by atoms with E-state index in [9.17, 15) is 26.7 Å². The summed E-state index contributed by atoms with van der Waals surface area (Å²) in [5.41, 5.74) is 1.16. The lowest BCUT2D eigenvalue weighted by atomic mass is 10.0. The van der Waals surface area contributed by atoms with E-state index in [1.807, 2.05) is 0 Å². The highest BCUT2D eigenvalue weighted by Gasteiger charge is 2.22. The molecule has 1 aliphatic rings. The summed E-state index contributed by atoms with van der Waals surface area (Å²) in [7, 11) is -7.73. The van der Waals surface area contributed by atoms with Crippen molar-refractivity contribution >= 4 is 48.8 Å². The van der Waals surface area contributed by atoms with Crippen molar-refractivity contribution in [3.8, 4) is 0 Å². The molecule has 5 N–H and O–H groups in total. The zero-order valence-electron chi connectivity index (χ0n) is 21.7. The zero-order valence-corrected chi connectivity index (χ0v) is 23.3. The number of nitrogens with zero attached hydrogens (tertiary/aromatic N) is 2. The van der Waals surface area contributed by atoms with Gasteiger partial charge in [-0.25, -0.2) is 26.8 Å². The second-order valence-corrected chi connectivity index (χ2v) is 12.3. The normalized spacial score (nSPS) is 15.3. The molecule has 0 fully saturated rings. The van der Waals surface area contributed by atoms with Crippen molar-refractivity contribution in [2.45, 2.75) is 15.9 Å². The van der Waals surface area contributed by atoms with Crippen LogP contribution in [0.1, 0.15) is 0 Å². The summed E-state index contributed by atoms with van der Waals surface area (Å²) in [5, 5.41) is 16.4. The molecule has 1 unspecified atom stereocenters. The van der Waals surface area contributed by atoms with Gasteiger partial charge in [0.15, 0.2) is 0 Å². The molecule has 14 heteroatoms. The number of sulfonamides is 2. The van der Waals surface area contributed by atoms with E-state index in [-0.39, 0.29) is 32.8 Å². The maximum Gasteiger partial charge on any atom is 0.263 e. The van der Waals surface area contributed by atoms with E-state index in [0.29, 0.717) is 11.4 Å². The van der Waals surface area contributed by atoms with Gasteiger partial charge in [0.25, 0.3) is 20.0 Å². The van der Waals surface area contributed by atoms with Gasteiger partial charge >= 0.3 is 0 Å². The molecule has 5 rings (SSSR count). The predicted octanol–water partition coefficient (Wildman–Crippen LogP) is 3.31. The topological polar surface area (TPSA) is 179 Å². The first-order chi connectivity index (χ1) is 20.1. The SMILES string of the molecule is O=C1C=C(Nc2ccc(S(=O)(=O)Nc3ccccn3)cc2)C(O)C=C1Nc1ccc(S(=O)(=O)Nc2ccccn2)cc1. The Morgan fingerprint density at radius 2 is 1.12 bits per heavy atom. The van der Waals surface area contributed by atoms with Crippen LogP contribution in [0.15, 0.2) is 131 Å². The number of carbonyl (C=O) groups excluding carboxylic acids is 1. The number of aliphatic hydroxyl groups is 1. The monoisotopic (exact) mass is 604 g/mol. The fourth-order valence-electron chi connectivity index (χ4n) is 3.84. The van der Waals surface area contributed by atoms with Gasteiger partial charge in [-0.15, -0.1) is 0 Å². The molecule has 1 atom stereocenters. The van der Waals surface area contributed by atoms with Gasteiger partial charge in [0.05, 0.1) is 21.2 Å². The molecule has 214 valence electrons. The molecule has 0 bridgehead atoms. The minimum absolute atomic E-state index is 0.000373. The standard InChI is InChI=1S/C28H24N6O6S2/c35-25-18-24(32-20-9-13-22(14-10-20)42(39,40)34-28-6-2-4-16-30-28)26(36)17-23(25)31-19-7-11-21(12-8-19)41(37,38)33-27-5-1-3-15-29-27/h1-18,25,31-32,35H,(H,29,33)(H,30,34). The van der Waals surface area contributed by atoms with Crippen molar-refractivity contribution in [2.24, 2.45) is 0 Å². The van der Waals surface area contributed by atoms with E-state index >= 15 is 0 Å². The van der Waals surface area contributed by atoms with E-state index in [1.54, 1.807) is 24.3 Å². The van der Waals surface area contributed by atoms with Gasteiger partial charge in [0.2, 0.25) is 5.78 Å². The molecule has 42 heavy (non-hydrogen) atoms. The summed E-state index contributed by atoms with van der Waals surface area (Å²) in [6, 6.07) is 21.2. The van der Waals surface area contributed by atoms with Crippen LogP contribution in [0.4, 0.5) is 23.0 Å². The maximum absolute atomic E-state index is 12.8. The lowest BCUT2D eigenvalue weighted by molar-refractivity contribution is -0.111. The van der Waals surface area contributed by atoms with Gasteiger partial charge in [-0.3, -0.25) is 14.2 Å². The lowest BCUT2D eigenvalue weighted by Gasteiger charge is -2.21. The number of allylic oxidation sites excluding steroid dienone is 1. The number of hydrogen-bond acceptors (Lipinski definition) is 10. The van der Waals surface area contributed by atoms with Crippen LogP contribution in [0.25, 0.3) is 0 Å². The highest BCUT2D eigenvalue weighted by atomic mass is 32.2. The van der Waals surface area contributed by atoms with Crippen LogP contribution in [0.3, 0.4) is 0 Å². The molecule has 0 spiro atoms.